The van der Waals surface area contributed by atoms with E-state index < -0.39 is 0 Å². The van der Waals surface area contributed by atoms with Crippen molar-refractivity contribution in [3.8, 4) is 0 Å². The fraction of sp³-hybridized carbons (Fsp3) is 0.333. The van der Waals surface area contributed by atoms with Crippen LogP contribution in [-0.2, 0) is 16.1 Å². The standard InChI is InChI=1S/C18H22ClN3O2S/c1-12-5-4-6-15(13(12)2)21-17(23)9-20-18(24)11-22(3)10-14-7-8-16(19)25-14/h4-8H,9-11H2,1-3H3,(H,20,24)(H,21,23). The third-order valence-corrected chi connectivity index (χ3v) is 5.01. The van der Waals surface area contributed by atoms with Crippen molar-refractivity contribution < 1.29 is 9.59 Å². The molecule has 0 radical (unpaired) electrons. The monoisotopic (exact) mass is 379 g/mol. The van der Waals surface area contributed by atoms with Gasteiger partial charge >= 0.3 is 0 Å². The first kappa shape index (κ1) is 19.4. The van der Waals surface area contributed by atoms with Crippen molar-refractivity contribution in [3.05, 3.63) is 50.7 Å². The van der Waals surface area contributed by atoms with Gasteiger partial charge in [0.25, 0.3) is 0 Å². The van der Waals surface area contributed by atoms with Gasteiger partial charge in [0.05, 0.1) is 17.4 Å². The van der Waals surface area contributed by atoms with Crippen molar-refractivity contribution in [1.82, 2.24) is 10.2 Å². The molecule has 0 saturated heterocycles. The van der Waals surface area contributed by atoms with E-state index in [1.807, 2.05) is 56.1 Å². The molecule has 0 aliphatic carbocycles. The van der Waals surface area contributed by atoms with Crippen LogP contribution in [0.1, 0.15) is 16.0 Å². The molecular weight excluding hydrogens is 358 g/mol. The van der Waals surface area contributed by atoms with Gasteiger partial charge in [0.15, 0.2) is 0 Å². The minimum atomic E-state index is -0.241. The Morgan fingerprint density at radius 2 is 1.92 bits per heavy atom. The van der Waals surface area contributed by atoms with Crippen LogP contribution in [0, 0.1) is 13.8 Å². The summed E-state index contributed by atoms with van der Waals surface area (Å²) in [5.41, 5.74) is 2.90. The highest BCUT2D eigenvalue weighted by Gasteiger charge is 2.11. The van der Waals surface area contributed by atoms with Crippen molar-refractivity contribution in [3.63, 3.8) is 0 Å². The smallest absolute Gasteiger partial charge is 0.243 e. The molecule has 25 heavy (non-hydrogen) atoms. The number of halogens is 1. The second-order valence-corrected chi connectivity index (χ2v) is 7.75. The van der Waals surface area contributed by atoms with Gasteiger partial charge in [-0.3, -0.25) is 14.5 Å². The Bertz CT molecular complexity index is 761. The zero-order chi connectivity index (χ0) is 18.4. The molecule has 5 nitrogen and oxygen atoms in total. The van der Waals surface area contributed by atoms with Gasteiger partial charge in [-0.25, -0.2) is 0 Å². The van der Waals surface area contributed by atoms with Crippen molar-refractivity contribution in [2.75, 3.05) is 25.5 Å². The Morgan fingerprint density at radius 1 is 1.16 bits per heavy atom. The maximum Gasteiger partial charge on any atom is 0.243 e. The number of anilines is 1. The first-order valence-corrected chi connectivity index (χ1v) is 9.10. The lowest BCUT2D eigenvalue weighted by atomic mass is 10.1. The van der Waals surface area contributed by atoms with E-state index in [0.717, 1.165) is 26.0 Å². The molecule has 2 aromatic rings. The number of amides is 2. The number of nitrogens with one attached hydrogen (secondary N) is 2. The van der Waals surface area contributed by atoms with E-state index in [1.54, 1.807) is 0 Å². The van der Waals surface area contributed by atoms with Crippen molar-refractivity contribution in [1.29, 1.82) is 0 Å². The minimum absolute atomic E-state index is 0.0507. The summed E-state index contributed by atoms with van der Waals surface area (Å²) < 4.78 is 0.732. The minimum Gasteiger partial charge on any atom is -0.346 e. The SMILES string of the molecule is Cc1cccc(NC(=O)CNC(=O)CN(C)Cc2ccc(Cl)s2)c1C. The molecule has 0 fully saturated rings. The topological polar surface area (TPSA) is 61.4 Å². The summed E-state index contributed by atoms with van der Waals surface area (Å²) in [5.74, 6) is -0.434. The summed E-state index contributed by atoms with van der Waals surface area (Å²) in [6.07, 6.45) is 0. The highest BCUT2D eigenvalue weighted by molar-refractivity contribution is 7.16. The maximum absolute atomic E-state index is 12.0. The number of thiophene rings is 1. The number of carbonyl (C=O) groups is 2. The summed E-state index contributed by atoms with van der Waals surface area (Å²) in [6, 6.07) is 9.51. The fourth-order valence-corrected chi connectivity index (χ4v) is 3.49. The van der Waals surface area contributed by atoms with Crippen LogP contribution in [0.5, 0.6) is 0 Å². The predicted octanol–water partition coefficient (Wildman–Crippen LogP) is 3.21. The highest BCUT2D eigenvalue weighted by atomic mass is 35.5. The normalized spacial score (nSPS) is 10.8. The first-order chi connectivity index (χ1) is 11.8. The fourth-order valence-electron chi connectivity index (χ4n) is 2.32. The van der Waals surface area contributed by atoms with Crippen molar-refractivity contribution in [2.24, 2.45) is 0 Å². The molecular formula is C18H22ClN3O2S. The third kappa shape index (κ3) is 6.16. The molecule has 0 spiro atoms. The number of nitrogens with zero attached hydrogens (tertiary/aromatic N) is 1. The third-order valence-electron chi connectivity index (χ3n) is 3.79. The summed E-state index contributed by atoms with van der Waals surface area (Å²) in [5, 5.41) is 5.47. The number of aryl methyl sites for hydroxylation is 1. The van der Waals surface area contributed by atoms with Gasteiger partial charge in [-0.1, -0.05) is 23.7 Å². The van der Waals surface area contributed by atoms with Crippen LogP contribution < -0.4 is 10.6 Å². The van der Waals surface area contributed by atoms with Crippen molar-refractivity contribution in [2.45, 2.75) is 20.4 Å². The van der Waals surface area contributed by atoms with E-state index in [4.69, 9.17) is 11.6 Å². The molecule has 2 N–H and O–H groups in total. The molecule has 0 atom stereocenters. The lowest BCUT2D eigenvalue weighted by molar-refractivity contribution is -0.124. The number of rotatable bonds is 7. The van der Waals surface area contributed by atoms with Crippen LogP contribution in [0.3, 0.4) is 0 Å². The Balaban J connectivity index is 1.75. The van der Waals surface area contributed by atoms with Crippen LogP contribution in [-0.4, -0.2) is 36.9 Å². The van der Waals surface area contributed by atoms with Crippen LogP contribution in [0.25, 0.3) is 0 Å². The summed E-state index contributed by atoms with van der Waals surface area (Å²) >= 11 is 7.39. The van der Waals surface area contributed by atoms with Gasteiger partial charge in [-0.15, -0.1) is 11.3 Å². The van der Waals surface area contributed by atoms with Crippen LogP contribution >= 0.6 is 22.9 Å². The molecule has 2 rings (SSSR count). The van der Waals surface area contributed by atoms with E-state index in [2.05, 4.69) is 10.6 Å². The zero-order valence-corrected chi connectivity index (χ0v) is 16.1. The molecule has 7 heteroatoms. The number of likely N-dealkylation sites (N-methyl/N-ethyl adjacent to an activating group) is 1. The molecule has 0 bridgehead atoms. The van der Waals surface area contributed by atoms with Gasteiger partial charge < -0.3 is 10.6 Å². The van der Waals surface area contributed by atoms with E-state index in [0.29, 0.717) is 6.54 Å². The zero-order valence-electron chi connectivity index (χ0n) is 14.6. The number of hydrogen-bond acceptors (Lipinski definition) is 4. The molecule has 0 aliphatic heterocycles. The number of benzene rings is 1. The van der Waals surface area contributed by atoms with E-state index in [9.17, 15) is 9.59 Å². The number of carbonyl (C=O) groups excluding carboxylic acids is 2. The molecule has 1 heterocycles. The van der Waals surface area contributed by atoms with Crippen molar-refractivity contribution >= 4 is 40.4 Å². The van der Waals surface area contributed by atoms with Gasteiger partial charge in [-0.2, -0.15) is 0 Å². The second-order valence-electron chi connectivity index (χ2n) is 5.95. The predicted molar refractivity (Wildman–Crippen MR) is 103 cm³/mol. The van der Waals surface area contributed by atoms with E-state index in [-0.39, 0.29) is 24.9 Å². The molecule has 2 amide bonds. The van der Waals surface area contributed by atoms with Crippen LogP contribution in [0.2, 0.25) is 4.34 Å². The molecule has 1 aromatic heterocycles. The molecule has 0 unspecified atom stereocenters. The second kappa shape index (κ2) is 8.99. The molecule has 1 aromatic carbocycles. The molecule has 0 saturated carbocycles. The molecule has 0 aliphatic rings. The van der Waals surface area contributed by atoms with Crippen LogP contribution in [0.15, 0.2) is 30.3 Å². The van der Waals surface area contributed by atoms with Gasteiger partial charge in [0.2, 0.25) is 11.8 Å². The summed E-state index contributed by atoms with van der Waals surface area (Å²) in [7, 11) is 1.85. The summed E-state index contributed by atoms with van der Waals surface area (Å²) in [4.78, 5) is 26.9. The Morgan fingerprint density at radius 3 is 2.60 bits per heavy atom. The number of hydrogen-bond donors (Lipinski definition) is 2. The highest BCUT2D eigenvalue weighted by Crippen LogP contribution is 2.22. The lowest BCUT2D eigenvalue weighted by Gasteiger charge is -2.15. The quantitative estimate of drug-likeness (QED) is 0.776. The average Bonchev–Trinajstić information content (AvgIpc) is 2.94. The summed E-state index contributed by atoms with van der Waals surface area (Å²) in [6.45, 7) is 4.75. The van der Waals surface area contributed by atoms with Gasteiger partial charge in [0.1, 0.15) is 0 Å². The van der Waals surface area contributed by atoms with E-state index in [1.165, 1.54) is 11.3 Å². The first-order valence-electron chi connectivity index (χ1n) is 7.90. The maximum atomic E-state index is 12.0. The largest absolute Gasteiger partial charge is 0.346 e. The Kier molecular flexibility index (Phi) is 6.99. The Hall–Kier alpha value is -1.89. The van der Waals surface area contributed by atoms with Crippen LogP contribution in [0.4, 0.5) is 5.69 Å². The van der Waals surface area contributed by atoms with Gasteiger partial charge in [0, 0.05) is 17.1 Å². The lowest BCUT2D eigenvalue weighted by Crippen LogP contribution is -2.39. The molecule has 134 valence electrons. The Labute approximate surface area is 157 Å². The average molecular weight is 380 g/mol. The van der Waals surface area contributed by atoms with E-state index >= 15 is 0 Å². The van der Waals surface area contributed by atoms with Gasteiger partial charge in [-0.05, 0) is 50.2 Å².